The average Bonchev–Trinajstić information content (AvgIpc) is 2.95. The van der Waals surface area contributed by atoms with Crippen LogP contribution < -0.4 is 4.74 Å². The van der Waals surface area contributed by atoms with Crippen LogP contribution in [0.15, 0.2) is 24.5 Å². The number of hydrogen-bond donors (Lipinski definition) is 1. The predicted molar refractivity (Wildman–Crippen MR) is 76.4 cm³/mol. The number of ether oxygens (including phenoxy) is 1. The van der Waals surface area contributed by atoms with Gasteiger partial charge in [0.2, 0.25) is 0 Å². The van der Waals surface area contributed by atoms with Crippen LogP contribution in [0.3, 0.4) is 0 Å². The molecule has 1 atom stereocenters. The molecule has 1 unspecified atom stereocenters. The SMILES string of the molecule is CS(=O)(=O)OC(COc1ccc(C(=O)O)c(F)c1)Cn1ncnn1. The molecule has 0 fully saturated rings. The van der Waals surface area contributed by atoms with Crippen molar-refractivity contribution in [3.8, 4) is 5.75 Å². The van der Waals surface area contributed by atoms with E-state index in [1.165, 1.54) is 12.4 Å². The first-order valence-corrected chi connectivity index (χ1v) is 8.31. The van der Waals surface area contributed by atoms with Gasteiger partial charge in [0.15, 0.2) is 6.33 Å². The number of aromatic nitrogens is 4. The summed E-state index contributed by atoms with van der Waals surface area (Å²) in [5.74, 6) is -2.36. The molecule has 1 N–H and O–H groups in total. The van der Waals surface area contributed by atoms with E-state index in [9.17, 15) is 17.6 Å². The highest BCUT2D eigenvalue weighted by atomic mass is 32.2. The average molecular weight is 360 g/mol. The van der Waals surface area contributed by atoms with Crippen molar-refractivity contribution in [3.05, 3.63) is 35.9 Å². The molecule has 24 heavy (non-hydrogen) atoms. The number of nitrogens with zero attached hydrogens (tertiary/aromatic N) is 4. The molecule has 1 heterocycles. The van der Waals surface area contributed by atoms with Crippen LogP contribution in [0, 0.1) is 5.82 Å². The quantitative estimate of drug-likeness (QED) is 0.642. The summed E-state index contributed by atoms with van der Waals surface area (Å²) >= 11 is 0. The molecule has 10 nitrogen and oxygen atoms in total. The molecule has 0 bridgehead atoms. The summed E-state index contributed by atoms with van der Waals surface area (Å²) in [4.78, 5) is 11.8. The topological polar surface area (TPSA) is 134 Å². The number of carboxylic acid groups (broad SMARTS) is 1. The normalized spacial score (nSPS) is 12.8. The highest BCUT2D eigenvalue weighted by Crippen LogP contribution is 2.17. The van der Waals surface area contributed by atoms with Gasteiger partial charge < -0.3 is 9.84 Å². The Kier molecular flexibility index (Phi) is 5.41. The molecule has 12 heteroatoms. The van der Waals surface area contributed by atoms with Gasteiger partial charge in [0.05, 0.1) is 18.4 Å². The molecule has 0 spiro atoms. The minimum atomic E-state index is -3.78. The van der Waals surface area contributed by atoms with Crippen molar-refractivity contribution < 1.29 is 31.6 Å². The summed E-state index contributed by atoms with van der Waals surface area (Å²) < 4.78 is 46.3. The Labute approximate surface area is 135 Å². The number of tetrazole rings is 1. The Balaban J connectivity index is 2.06. The lowest BCUT2D eigenvalue weighted by Gasteiger charge is -2.16. The Morgan fingerprint density at radius 3 is 2.75 bits per heavy atom. The molecule has 2 aromatic rings. The second-order valence-electron chi connectivity index (χ2n) is 4.67. The smallest absolute Gasteiger partial charge is 0.338 e. The number of carboxylic acids is 1. The monoisotopic (exact) mass is 360 g/mol. The van der Waals surface area contributed by atoms with Crippen molar-refractivity contribution >= 4 is 16.1 Å². The van der Waals surface area contributed by atoms with E-state index in [4.69, 9.17) is 14.0 Å². The van der Waals surface area contributed by atoms with Gasteiger partial charge in [0, 0.05) is 6.07 Å². The zero-order valence-corrected chi connectivity index (χ0v) is 13.2. The van der Waals surface area contributed by atoms with E-state index in [0.717, 1.165) is 23.2 Å². The van der Waals surface area contributed by atoms with Crippen LogP contribution >= 0.6 is 0 Å². The highest BCUT2D eigenvalue weighted by Gasteiger charge is 2.19. The number of hydrogen-bond acceptors (Lipinski definition) is 8. The van der Waals surface area contributed by atoms with Crippen molar-refractivity contribution in [1.82, 2.24) is 20.2 Å². The van der Waals surface area contributed by atoms with E-state index in [1.807, 2.05) is 0 Å². The maximum atomic E-state index is 13.6. The fourth-order valence-electron chi connectivity index (χ4n) is 1.76. The molecule has 0 aliphatic rings. The van der Waals surface area contributed by atoms with Gasteiger partial charge in [-0.05, 0) is 17.3 Å². The third-order valence-electron chi connectivity index (χ3n) is 2.68. The lowest BCUT2D eigenvalue weighted by atomic mass is 10.2. The molecule has 0 saturated heterocycles. The van der Waals surface area contributed by atoms with Gasteiger partial charge >= 0.3 is 5.97 Å². The lowest BCUT2D eigenvalue weighted by molar-refractivity contribution is 0.0691. The minimum absolute atomic E-state index is 0.0196. The summed E-state index contributed by atoms with van der Waals surface area (Å²) in [6.45, 7) is -0.330. The molecular formula is C12H13FN4O6S. The maximum Gasteiger partial charge on any atom is 0.338 e. The first-order chi connectivity index (χ1) is 11.2. The first-order valence-electron chi connectivity index (χ1n) is 6.49. The van der Waals surface area contributed by atoms with E-state index in [0.29, 0.717) is 0 Å². The fraction of sp³-hybridized carbons (Fsp3) is 0.333. The lowest BCUT2D eigenvalue weighted by Crippen LogP contribution is -2.30. The van der Waals surface area contributed by atoms with Crippen LogP contribution in [0.4, 0.5) is 4.39 Å². The zero-order valence-electron chi connectivity index (χ0n) is 12.4. The van der Waals surface area contributed by atoms with E-state index >= 15 is 0 Å². The zero-order chi connectivity index (χ0) is 17.7. The molecule has 0 amide bonds. The molecule has 0 aliphatic heterocycles. The summed E-state index contributed by atoms with van der Waals surface area (Å²) in [6.07, 6.45) is 1.05. The van der Waals surface area contributed by atoms with Crippen LogP contribution in [0.5, 0.6) is 5.75 Å². The van der Waals surface area contributed by atoms with Crippen molar-refractivity contribution in [2.75, 3.05) is 12.9 Å². The van der Waals surface area contributed by atoms with Gasteiger partial charge in [0.25, 0.3) is 10.1 Å². The van der Waals surface area contributed by atoms with Crippen molar-refractivity contribution in [3.63, 3.8) is 0 Å². The molecular weight excluding hydrogens is 347 g/mol. The largest absolute Gasteiger partial charge is 0.491 e. The number of carbonyl (C=O) groups is 1. The number of benzene rings is 1. The van der Waals surface area contributed by atoms with E-state index < -0.39 is 33.6 Å². The molecule has 130 valence electrons. The third-order valence-corrected chi connectivity index (χ3v) is 3.30. The van der Waals surface area contributed by atoms with Gasteiger partial charge in [0.1, 0.15) is 24.3 Å². The van der Waals surface area contributed by atoms with E-state index in [1.54, 1.807) is 0 Å². The van der Waals surface area contributed by atoms with Crippen LogP contribution in [0.1, 0.15) is 10.4 Å². The number of rotatable bonds is 8. The van der Waals surface area contributed by atoms with E-state index in [2.05, 4.69) is 15.4 Å². The Bertz CT molecular complexity index is 811. The van der Waals surface area contributed by atoms with Gasteiger partial charge in [-0.2, -0.15) is 13.2 Å². The molecule has 0 saturated carbocycles. The summed E-state index contributed by atoms with van der Waals surface area (Å²) in [5.41, 5.74) is -0.502. The minimum Gasteiger partial charge on any atom is -0.491 e. The fourth-order valence-corrected chi connectivity index (χ4v) is 2.37. The Hall–Kier alpha value is -2.60. The van der Waals surface area contributed by atoms with Crippen molar-refractivity contribution in [1.29, 1.82) is 0 Å². The van der Waals surface area contributed by atoms with Gasteiger partial charge in [-0.25, -0.2) is 9.18 Å². The van der Waals surface area contributed by atoms with E-state index in [-0.39, 0.29) is 18.9 Å². The summed E-state index contributed by atoms with van der Waals surface area (Å²) in [5, 5.41) is 19.5. The highest BCUT2D eigenvalue weighted by molar-refractivity contribution is 7.86. The van der Waals surface area contributed by atoms with Crippen LogP contribution in [-0.4, -0.2) is 58.7 Å². The molecule has 1 aromatic carbocycles. The van der Waals surface area contributed by atoms with Crippen molar-refractivity contribution in [2.45, 2.75) is 12.6 Å². The standard InChI is InChI=1S/C12H13FN4O6S/c1-24(20,21)23-9(5-17-15-7-14-16-17)6-22-8-2-3-10(12(18)19)11(13)4-8/h2-4,7,9H,5-6H2,1H3,(H,18,19). The predicted octanol–water partition coefficient (Wildman–Crippen LogP) is -0.0658. The Morgan fingerprint density at radius 2 is 2.21 bits per heavy atom. The number of halogens is 1. The number of aromatic carboxylic acids is 1. The van der Waals surface area contributed by atoms with Gasteiger partial charge in [-0.1, -0.05) is 0 Å². The third kappa shape index (κ3) is 5.24. The Morgan fingerprint density at radius 1 is 1.46 bits per heavy atom. The van der Waals surface area contributed by atoms with Gasteiger partial charge in [-0.3, -0.25) is 4.18 Å². The van der Waals surface area contributed by atoms with Crippen LogP contribution in [0.2, 0.25) is 0 Å². The second kappa shape index (κ2) is 7.31. The molecule has 1 aromatic heterocycles. The summed E-state index contributed by atoms with van der Waals surface area (Å²) in [6, 6.07) is 3.17. The van der Waals surface area contributed by atoms with Crippen molar-refractivity contribution in [2.24, 2.45) is 0 Å². The molecule has 0 radical (unpaired) electrons. The summed E-state index contributed by atoms with van der Waals surface area (Å²) in [7, 11) is -3.78. The maximum absolute atomic E-state index is 13.6. The first kappa shape index (κ1) is 17.7. The van der Waals surface area contributed by atoms with Crippen LogP contribution in [-0.2, 0) is 20.8 Å². The second-order valence-corrected chi connectivity index (χ2v) is 6.27. The molecule has 2 rings (SSSR count). The van der Waals surface area contributed by atoms with Crippen LogP contribution in [0.25, 0.3) is 0 Å². The molecule has 0 aliphatic carbocycles. The van der Waals surface area contributed by atoms with Gasteiger partial charge in [-0.15, -0.1) is 10.2 Å².